The highest BCUT2D eigenvalue weighted by Gasteiger charge is 2.18. The lowest BCUT2D eigenvalue weighted by Gasteiger charge is -2.19. The number of anilines is 1. The summed E-state index contributed by atoms with van der Waals surface area (Å²) in [6.07, 6.45) is -0.617. The Kier molecular flexibility index (Phi) is 8.30. The number of thiazole rings is 1. The van der Waals surface area contributed by atoms with Crippen molar-refractivity contribution in [3.63, 3.8) is 0 Å². The molecule has 0 fully saturated rings. The van der Waals surface area contributed by atoms with E-state index in [0.29, 0.717) is 16.4 Å². The van der Waals surface area contributed by atoms with Gasteiger partial charge in [-0.15, -0.1) is 11.3 Å². The normalized spacial score (nSPS) is 11.8. The van der Waals surface area contributed by atoms with Gasteiger partial charge in [0.25, 0.3) is 0 Å². The summed E-state index contributed by atoms with van der Waals surface area (Å²) in [4.78, 5) is 28.3. The molecular formula is C23H28N4O6S2. The zero-order valence-corrected chi connectivity index (χ0v) is 21.5. The Morgan fingerprint density at radius 3 is 2.60 bits per heavy atom. The Bertz CT molecular complexity index is 1320. The highest BCUT2D eigenvalue weighted by molar-refractivity contribution is 7.89. The van der Waals surface area contributed by atoms with Crippen LogP contribution in [0.1, 0.15) is 32.2 Å². The van der Waals surface area contributed by atoms with E-state index in [-0.39, 0.29) is 30.3 Å². The Hall–Kier alpha value is -3.22. The number of aromatic nitrogens is 1. The van der Waals surface area contributed by atoms with E-state index in [1.165, 1.54) is 29.5 Å². The van der Waals surface area contributed by atoms with E-state index < -0.39 is 21.7 Å². The third-order valence-electron chi connectivity index (χ3n) is 4.50. The number of methoxy groups -OCH3 is 1. The number of carbonyl (C=O) groups is 2. The van der Waals surface area contributed by atoms with Gasteiger partial charge in [-0.1, -0.05) is 6.07 Å². The molecule has 0 bridgehead atoms. The monoisotopic (exact) mass is 520 g/mol. The molecule has 0 saturated heterocycles. The van der Waals surface area contributed by atoms with Crippen molar-refractivity contribution >= 4 is 49.3 Å². The van der Waals surface area contributed by atoms with Gasteiger partial charge < -0.3 is 20.1 Å². The van der Waals surface area contributed by atoms with Gasteiger partial charge in [0.2, 0.25) is 15.9 Å². The number of amides is 2. The largest absolute Gasteiger partial charge is 0.497 e. The minimum atomic E-state index is -3.85. The molecule has 2 amide bonds. The molecule has 10 nitrogen and oxygen atoms in total. The lowest BCUT2D eigenvalue weighted by molar-refractivity contribution is -0.116. The van der Waals surface area contributed by atoms with Gasteiger partial charge in [-0.2, -0.15) is 0 Å². The van der Waals surface area contributed by atoms with Crippen molar-refractivity contribution in [1.82, 2.24) is 15.0 Å². The smallest absolute Gasteiger partial charge is 0.407 e. The fraction of sp³-hybridized carbons (Fsp3) is 0.348. The van der Waals surface area contributed by atoms with Crippen LogP contribution in [0.15, 0.2) is 47.4 Å². The Balaban J connectivity index is 1.56. The molecule has 0 aliphatic rings. The average molecular weight is 521 g/mol. The summed E-state index contributed by atoms with van der Waals surface area (Å²) in [5.74, 6) is 0.321. The maximum absolute atomic E-state index is 12.8. The number of nitrogens with zero attached hydrogens (tertiary/aromatic N) is 1. The van der Waals surface area contributed by atoms with Crippen LogP contribution in [-0.4, -0.2) is 44.7 Å². The van der Waals surface area contributed by atoms with Crippen molar-refractivity contribution in [3.05, 3.63) is 47.5 Å². The molecule has 3 aromatic rings. The van der Waals surface area contributed by atoms with Gasteiger partial charge in [-0.3, -0.25) is 4.79 Å². The van der Waals surface area contributed by atoms with Gasteiger partial charge in [-0.25, -0.2) is 22.9 Å². The van der Waals surface area contributed by atoms with Crippen LogP contribution in [0.2, 0.25) is 0 Å². The van der Waals surface area contributed by atoms with Crippen molar-refractivity contribution in [2.24, 2.45) is 0 Å². The molecule has 0 radical (unpaired) electrons. The molecule has 188 valence electrons. The first-order chi connectivity index (χ1) is 16.4. The molecule has 1 heterocycles. The van der Waals surface area contributed by atoms with Gasteiger partial charge in [0.05, 0.1) is 28.8 Å². The highest BCUT2D eigenvalue weighted by atomic mass is 32.2. The van der Waals surface area contributed by atoms with Gasteiger partial charge in [-0.05, 0) is 57.2 Å². The number of fused-ring (bicyclic) bond motifs is 1. The zero-order valence-electron chi connectivity index (χ0n) is 19.9. The van der Waals surface area contributed by atoms with Crippen molar-refractivity contribution < 1.29 is 27.5 Å². The molecule has 1 aromatic heterocycles. The summed E-state index contributed by atoms with van der Waals surface area (Å²) in [5.41, 5.74) is 0.450. The van der Waals surface area contributed by atoms with Crippen LogP contribution in [-0.2, 0) is 26.1 Å². The molecule has 0 unspecified atom stereocenters. The number of nitrogens with one attached hydrogen (secondary N) is 3. The third-order valence-corrected chi connectivity index (χ3v) is 6.92. The quantitative estimate of drug-likeness (QED) is 0.392. The second-order valence-corrected chi connectivity index (χ2v) is 11.4. The minimum absolute atomic E-state index is 0.00311. The second kappa shape index (κ2) is 11.0. The summed E-state index contributed by atoms with van der Waals surface area (Å²) in [6.45, 7) is 5.33. The molecule has 12 heteroatoms. The van der Waals surface area contributed by atoms with Gasteiger partial charge in [0, 0.05) is 18.7 Å². The predicted octanol–water partition coefficient (Wildman–Crippen LogP) is 3.64. The summed E-state index contributed by atoms with van der Waals surface area (Å²) in [5, 5.41) is 5.74. The number of sulfonamides is 1. The Morgan fingerprint density at radius 2 is 1.89 bits per heavy atom. The number of rotatable bonds is 9. The third kappa shape index (κ3) is 7.91. The predicted molar refractivity (Wildman–Crippen MR) is 134 cm³/mol. The fourth-order valence-electron chi connectivity index (χ4n) is 2.95. The Morgan fingerprint density at radius 1 is 1.11 bits per heavy atom. The van der Waals surface area contributed by atoms with Crippen molar-refractivity contribution in [1.29, 1.82) is 0 Å². The molecule has 0 aliphatic heterocycles. The van der Waals surface area contributed by atoms with Gasteiger partial charge in [0.1, 0.15) is 16.4 Å². The van der Waals surface area contributed by atoms with E-state index in [4.69, 9.17) is 9.47 Å². The van der Waals surface area contributed by atoms with Crippen LogP contribution in [0.4, 0.5) is 10.5 Å². The highest BCUT2D eigenvalue weighted by Crippen LogP contribution is 2.26. The lowest BCUT2D eigenvalue weighted by atomic mass is 10.2. The summed E-state index contributed by atoms with van der Waals surface area (Å²) in [6, 6.07) is 11.4. The number of hydrogen-bond donors (Lipinski definition) is 3. The van der Waals surface area contributed by atoms with E-state index in [1.807, 2.05) is 12.1 Å². The number of alkyl carbamates (subject to hydrolysis) is 1. The molecule has 0 aliphatic carbocycles. The maximum atomic E-state index is 12.8. The number of ether oxygens (including phenoxy) is 2. The molecule has 0 spiro atoms. The van der Waals surface area contributed by atoms with E-state index in [2.05, 4.69) is 20.3 Å². The van der Waals surface area contributed by atoms with Crippen LogP contribution in [0.25, 0.3) is 10.2 Å². The number of carbonyl (C=O) groups excluding carboxylic acids is 2. The van der Waals surface area contributed by atoms with Crippen molar-refractivity contribution in [2.75, 3.05) is 19.0 Å². The van der Waals surface area contributed by atoms with E-state index in [0.717, 1.165) is 10.2 Å². The maximum Gasteiger partial charge on any atom is 0.407 e. The standard InChI is InChI=1S/C23H28N4O6S2/c1-23(2,3)33-22(29)24-11-10-20(28)26-15-6-5-7-17(12-15)35(30,31)25-14-21-27-18-9-8-16(32-4)13-19(18)34-21/h5-9,12-13,25H,10-11,14H2,1-4H3,(H,24,29)(H,26,28). The first-order valence-electron chi connectivity index (χ1n) is 10.7. The first kappa shape index (κ1) is 26.4. The summed E-state index contributed by atoms with van der Waals surface area (Å²) in [7, 11) is -2.27. The molecule has 0 saturated carbocycles. The average Bonchev–Trinajstić information content (AvgIpc) is 3.19. The molecule has 0 atom stereocenters. The second-order valence-electron chi connectivity index (χ2n) is 8.52. The fourth-order valence-corrected chi connectivity index (χ4v) is 5.01. The van der Waals surface area contributed by atoms with Crippen molar-refractivity contribution in [2.45, 2.75) is 44.2 Å². The number of hydrogen-bond acceptors (Lipinski definition) is 8. The van der Waals surface area contributed by atoms with Crippen LogP contribution in [0.3, 0.4) is 0 Å². The van der Waals surface area contributed by atoms with Crippen LogP contribution in [0.5, 0.6) is 5.75 Å². The van der Waals surface area contributed by atoms with E-state index in [9.17, 15) is 18.0 Å². The van der Waals surface area contributed by atoms with Crippen LogP contribution < -0.4 is 20.1 Å². The van der Waals surface area contributed by atoms with Gasteiger partial charge in [0.15, 0.2) is 0 Å². The zero-order chi connectivity index (χ0) is 25.6. The van der Waals surface area contributed by atoms with Crippen molar-refractivity contribution in [3.8, 4) is 5.75 Å². The molecular weight excluding hydrogens is 492 g/mol. The SMILES string of the molecule is COc1ccc2nc(CNS(=O)(=O)c3cccc(NC(=O)CCNC(=O)OC(C)(C)C)c3)sc2c1. The van der Waals surface area contributed by atoms with Crippen LogP contribution >= 0.6 is 11.3 Å². The molecule has 3 N–H and O–H groups in total. The Labute approximate surface area is 208 Å². The van der Waals surface area contributed by atoms with E-state index in [1.54, 1.807) is 40.0 Å². The summed E-state index contributed by atoms with van der Waals surface area (Å²) >= 11 is 1.37. The van der Waals surface area contributed by atoms with Gasteiger partial charge >= 0.3 is 6.09 Å². The molecule has 2 aromatic carbocycles. The topological polar surface area (TPSA) is 136 Å². The molecule has 35 heavy (non-hydrogen) atoms. The van der Waals surface area contributed by atoms with E-state index >= 15 is 0 Å². The first-order valence-corrected chi connectivity index (χ1v) is 13.0. The summed E-state index contributed by atoms with van der Waals surface area (Å²) < 4.78 is 39.3. The number of benzene rings is 2. The van der Waals surface area contributed by atoms with Crippen LogP contribution in [0, 0.1) is 0 Å². The lowest BCUT2D eigenvalue weighted by Crippen LogP contribution is -2.34. The molecule has 3 rings (SSSR count). The minimum Gasteiger partial charge on any atom is -0.497 e.